The lowest BCUT2D eigenvalue weighted by molar-refractivity contribution is -0.116. The summed E-state index contributed by atoms with van der Waals surface area (Å²) in [6.07, 6.45) is 3.88. The van der Waals surface area contributed by atoms with Crippen molar-refractivity contribution in [2.45, 2.75) is 32.7 Å². The maximum atomic E-state index is 11.9. The van der Waals surface area contributed by atoms with E-state index in [-0.39, 0.29) is 5.91 Å². The fourth-order valence-corrected chi connectivity index (χ4v) is 2.08. The molecule has 21 heavy (non-hydrogen) atoms. The third-order valence-electron chi connectivity index (χ3n) is 3.32. The Morgan fingerprint density at radius 1 is 1.19 bits per heavy atom. The van der Waals surface area contributed by atoms with Gasteiger partial charge in [-0.3, -0.25) is 4.79 Å². The van der Waals surface area contributed by atoms with Crippen molar-refractivity contribution in [1.82, 2.24) is 4.98 Å². The van der Waals surface area contributed by atoms with E-state index in [4.69, 9.17) is 5.73 Å². The first-order chi connectivity index (χ1) is 10.2. The Kier molecular flexibility index (Phi) is 5.46. The van der Waals surface area contributed by atoms with E-state index in [1.165, 1.54) is 11.1 Å². The van der Waals surface area contributed by atoms with Crippen molar-refractivity contribution in [3.8, 4) is 0 Å². The van der Waals surface area contributed by atoms with Crippen LogP contribution in [0.5, 0.6) is 0 Å². The van der Waals surface area contributed by atoms with Crippen molar-refractivity contribution in [2.75, 3.05) is 5.32 Å². The molecule has 0 radical (unpaired) electrons. The van der Waals surface area contributed by atoms with Gasteiger partial charge in [0.05, 0.1) is 0 Å². The highest BCUT2D eigenvalue weighted by Crippen LogP contribution is 2.09. The molecule has 0 bridgehead atoms. The summed E-state index contributed by atoms with van der Waals surface area (Å²) in [5, 5.41) is 2.81. The number of carbonyl (C=O) groups is 1. The first-order valence-corrected chi connectivity index (χ1v) is 7.18. The number of rotatable bonds is 6. The molecule has 0 saturated carbocycles. The number of pyridine rings is 1. The minimum absolute atomic E-state index is 0.0104. The first kappa shape index (κ1) is 15.2. The lowest BCUT2D eigenvalue weighted by Crippen LogP contribution is -2.13. The molecular formula is C17H21N3O. The minimum atomic E-state index is -0.0104. The Morgan fingerprint density at radius 3 is 2.67 bits per heavy atom. The van der Waals surface area contributed by atoms with Gasteiger partial charge < -0.3 is 11.1 Å². The molecule has 4 nitrogen and oxygen atoms in total. The van der Waals surface area contributed by atoms with Crippen molar-refractivity contribution in [3.05, 3.63) is 59.3 Å². The van der Waals surface area contributed by atoms with Crippen molar-refractivity contribution >= 4 is 11.7 Å². The Labute approximate surface area is 125 Å². The van der Waals surface area contributed by atoms with Gasteiger partial charge in [0.15, 0.2) is 0 Å². The second-order valence-electron chi connectivity index (χ2n) is 5.14. The molecule has 0 fully saturated rings. The van der Waals surface area contributed by atoms with E-state index < -0.39 is 0 Å². The normalized spacial score (nSPS) is 10.4. The van der Waals surface area contributed by atoms with Crippen LogP contribution >= 0.6 is 0 Å². The van der Waals surface area contributed by atoms with Gasteiger partial charge in [0.2, 0.25) is 5.91 Å². The molecule has 110 valence electrons. The van der Waals surface area contributed by atoms with Gasteiger partial charge in [-0.2, -0.15) is 0 Å². The molecule has 0 spiro atoms. The van der Waals surface area contributed by atoms with Crippen LogP contribution < -0.4 is 11.1 Å². The number of anilines is 1. The number of nitrogens with two attached hydrogens (primary N) is 1. The van der Waals surface area contributed by atoms with Crippen LogP contribution in [0.25, 0.3) is 0 Å². The Hall–Kier alpha value is -2.20. The van der Waals surface area contributed by atoms with Crippen LogP contribution in [0.3, 0.4) is 0 Å². The highest BCUT2D eigenvalue weighted by Gasteiger charge is 2.04. The van der Waals surface area contributed by atoms with Gasteiger partial charge >= 0.3 is 0 Å². The molecule has 0 aliphatic carbocycles. The van der Waals surface area contributed by atoms with E-state index in [1.54, 1.807) is 12.3 Å². The van der Waals surface area contributed by atoms with Crippen LogP contribution in [0.1, 0.15) is 29.5 Å². The molecule has 1 aromatic carbocycles. The van der Waals surface area contributed by atoms with Crippen molar-refractivity contribution in [3.63, 3.8) is 0 Å². The summed E-state index contributed by atoms with van der Waals surface area (Å²) in [5.41, 5.74) is 9.04. The molecule has 2 rings (SSSR count). The maximum Gasteiger partial charge on any atom is 0.225 e. The molecule has 4 heteroatoms. The zero-order chi connectivity index (χ0) is 15.1. The van der Waals surface area contributed by atoms with E-state index in [9.17, 15) is 4.79 Å². The standard InChI is InChI=1S/C17H21N3O/c1-13-5-7-14(8-6-13)3-2-4-17(21)20-16-11-15(12-18)9-10-19-16/h5-11H,2-4,12,18H2,1H3,(H,19,20,21). The highest BCUT2D eigenvalue weighted by atomic mass is 16.1. The fraction of sp³-hybridized carbons (Fsp3) is 0.294. The maximum absolute atomic E-state index is 11.9. The van der Waals surface area contributed by atoms with Crippen molar-refractivity contribution in [1.29, 1.82) is 0 Å². The van der Waals surface area contributed by atoms with Crippen molar-refractivity contribution < 1.29 is 4.79 Å². The average molecular weight is 283 g/mol. The van der Waals surface area contributed by atoms with Crippen LogP contribution in [0, 0.1) is 6.92 Å². The predicted octanol–water partition coefficient (Wildman–Crippen LogP) is 2.81. The zero-order valence-electron chi connectivity index (χ0n) is 12.3. The van der Waals surface area contributed by atoms with Gasteiger partial charge in [0.25, 0.3) is 0 Å². The highest BCUT2D eigenvalue weighted by molar-refractivity contribution is 5.89. The summed E-state index contributed by atoms with van der Waals surface area (Å²) in [6, 6.07) is 12.1. The number of hydrogen-bond donors (Lipinski definition) is 2. The molecule has 1 aromatic heterocycles. The molecule has 0 atom stereocenters. The summed E-state index contributed by atoms with van der Waals surface area (Å²) in [7, 11) is 0. The summed E-state index contributed by atoms with van der Waals surface area (Å²) < 4.78 is 0. The van der Waals surface area contributed by atoms with Gasteiger partial charge in [-0.1, -0.05) is 29.8 Å². The van der Waals surface area contributed by atoms with E-state index in [2.05, 4.69) is 41.5 Å². The molecule has 2 aromatic rings. The monoisotopic (exact) mass is 283 g/mol. The van der Waals surface area contributed by atoms with Crippen LogP contribution in [-0.2, 0) is 17.8 Å². The molecule has 3 N–H and O–H groups in total. The Balaban J connectivity index is 1.78. The second kappa shape index (κ2) is 7.55. The summed E-state index contributed by atoms with van der Waals surface area (Å²) in [4.78, 5) is 16.0. The number of nitrogens with zero attached hydrogens (tertiary/aromatic N) is 1. The Bertz CT molecular complexity index is 593. The minimum Gasteiger partial charge on any atom is -0.326 e. The summed E-state index contributed by atoms with van der Waals surface area (Å²) in [5.74, 6) is 0.557. The van der Waals surface area contributed by atoms with Crippen molar-refractivity contribution in [2.24, 2.45) is 5.73 Å². The molecular weight excluding hydrogens is 262 g/mol. The van der Waals surface area contributed by atoms with E-state index in [1.807, 2.05) is 6.07 Å². The van der Waals surface area contributed by atoms with E-state index in [0.717, 1.165) is 18.4 Å². The van der Waals surface area contributed by atoms with Gasteiger partial charge in [0.1, 0.15) is 5.82 Å². The number of carbonyl (C=O) groups excluding carboxylic acids is 1. The number of aryl methyl sites for hydroxylation is 2. The quantitative estimate of drug-likeness (QED) is 0.856. The van der Waals surface area contributed by atoms with Gasteiger partial charge in [-0.05, 0) is 43.0 Å². The van der Waals surface area contributed by atoms with Crippen LogP contribution in [0.2, 0.25) is 0 Å². The summed E-state index contributed by atoms with van der Waals surface area (Å²) >= 11 is 0. The molecule has 0 saturated heterocycles. The van der Waals surface area contributed by atoms with Gasteiger partial charge in [0, 0.05) is 19.2 Å². The molecule has 0 aliphatic heterocycles. The summed E-state index contributed by atoms with van der Waals surface area (Å²) in [6.45, 7) is 2.51. The number of benzene rings is 1. The molecule has 0 aliphatic rings. The van der Waals surface area contributed by atoms with Crippen LogP contribution in [-0.4, -0.2) is 10.9 Å². The lowest BCUT2D eigenvalue weighted by atomic mass is 10.1. The topological polar surface area (TPSA) is 68.0 Å². The first-order valence-electron chi connectivity index (χ1n) is 7.18. The number of nitrogens with one attached hydrogen (secondary N) is 1. The van der Waals surface area contributed by atoms with Gasteiger partial charge in [-0.15, -0.1) is 0 Å². The second-order valence-corrected chi connectivity index (χ2v) is 5.14. The van der Waals surface area contributed by atoms with Gasteiger partial charge in [-0.25, -0.2) is 4.98 Å². The fourth-order valence-electron chi connectivity index (χ4n) is 2.08. The number of hydrogen-bond acceptors (Lipinski definition) is 3. The van der Waals surface area contributed by atoms with Crippen LogP contribution in [0.4, 0.5) is 5.82 Å². The smallest absolute Gasteiger partial charge is 0.225 e. The number of amides is 1. The third kappa shape index (κ3) is 5.00. The largest absolute Gasteiger partial charge is 0.326 e. The third-order valence-corrected chi connectivity index (χ3v) is 3.32. The van der Waals surface area contributed by atoms with Crippen LogP contribution in [0.15, 0.2) is 42.6 Å². The number of aromatic nitrogens is 1. The zero-order valence-corrected chi connectivity index (χ0v) is 12.3. The predicted molar refractivity (Wildman–Crippen MR) is 84.9 cm³/mol. The molecule has 1 heterocycles. The lowest BCUT2D eigenvalue weighted by Gasteiger charge is -2.06. The van der Waals surface area contributed by atoms with E-state index >= 15 is 0 Å². The Morgan fingerprint density at radius 2 is 1.95 bits per heavy atom. The molecule has 1 amide bonds. The molecule has 0 unspecified atom stereocenters. The van der Waals surface area contributed by atoms with E-state index in [0.29, 0.717) is 18.8 Å². The average Bonchev–Trinajstić information content (AvgIpc) is 2.49. The SMILES string of the molecule is Cc1ccc(CCCC(=O)Nc2cc(CN)ccn2)cc1.